The highest BCUT2D eigenvalue weighted by Gasteiger charge is 2.31. The van der Waals surface area contributed by atoms with E-state index in [4.69, 9.17) is 9.15 Å². The van der Waals surface area contributed by atoms with Crippen LogP contribution in [0.4, 0.5) is 10.5 Å². The fraction of sp³-hybridized carbons (Fsp3) is 0.412. The van der Waals surface area contributed by atoms with Gasteiger partial charge < -0.3 is 19.4 Å². The summed E-state index contributed by atoms with van der Waals surface area (Å²) in [6, 6.07) is 5.07. The molecular formula is C17H20N2O4S. The Bertz CT molecular complexity index is 793. The highest BCUT2D eigenvalue weighted by Crippen LogP contribution is 2.37. The van der Waals surface area contributed by atoms with E-state index in [1.807, 2.05) is 18.2 Å². The van der Waals surface area contributed by atoms with Gasteiger partial charge >= 0.3 is 6.09 Å². The van der Waals surface area contributed by atoms with E-state index in [0.29, 0.717) is 5.75 Å². The minimum absolute atomic E-state index is 0.171. The Balaban J connectivity index is 1.82. The summed E-state index contributed by atoms with van der Waals surface area (Å²) in [5.74, 6) is 0.261. The van der Waals surface area contributed by atoms with E-state index >= 15 is 0 Å². The monoisotopic (exact) mass is 348 g/mol. The number of nitrogens with zero attached hydrogens (tertiary/aromatic N) is 1. The second-order valence-corrected chi connectivity index (χ2v) is 7.75. The smallest absolute Gasteiger partial charge is 0.408 e. The number of carbonyl (C=O) groups is 2. The number of anilines is 1. The van der Waals surface area contributed by atoms with E-state index in [9.17, 15) is 9.59 Å². The Morgan fingerprint density at radius 1 is 1.42 bits per heavy atom. The Kier molecular flexibility index (Phi) is 4.21. The summed E-state index contributed by atoms with van der Waals surface area (Å²) in [4.78, 5) is 27.2. The van der Waals surface area contributed by atoms with Crippen LogP contribution in [0.5, 0.6) is 0 Å². The Morgan fingerprint density at radius 3 is 2.88 bits per heavy atom. The quantitative estimate of drug-likeness (QED) is 0.855. The van der Waals surface area contributed by atoms with Crippen molar-refractivity contribution in [1.29, 1.82) is 0 Å². The van der Waals surface area contributed by atoms with Gasteiger partial charge in [0.25, 0.3) is 0 Å². The summed E-state index contributed by atoms with van der Waals surface area (Å²) in [6.45, 7) is 5.35. The first-order valence-corrected chi connectivity index (χ1v) is 8.64. The number of benzene rings is 1. The highest BCUT2D eigenvalue weighted by molar-refractivity contribution is 7.99. The Labute approximate surface area is 144 Å². The van der Waals surface area contributed by atoms with Gasteiger partial charge in [-0.15, -0.1) is 11.8 Å². The number of furan rings is 1. The number of amides is 2. The van der Waals surface area contributed by atoms with Crippen molar-refractivity contribution in [3.63, 3.8) is 0 Å². The highest BCUT2D eigenvalue weighted by atomic mass is 32.2. The SMILES string of the molecule is CN1C(=O)[C@@H](NC(=O)OC(C)(C)C)CSc2cc3occc3cc21. The Hall–Kier alpha value is -2.15. The summed E-state index contributed by atoms with van der Waals surface area (Å²) in [5.41, 5.74) is 0.984. The lowest BCUT2D eigenvalue weighted by Crippen LogP contribution is -2.49. The molecule has 0 unspecified atom stereocenters. The van der Waals surface area contributed by atoms with Crippen molar-refractivity contribution in [2.45, 2.75) is 37.3 Å². The molecule has 128 valence electrons. The summed E-state index contributed by atoms with van der Waals surface area (Å²) in [7, 11) is 1.71. The van der Waals surface area contributed by atoms with Crippen molar-refractivity contribution in [2.75, 3.05) is 17.7 Å². The minimum atomic E-state index is -0.645. The lowest BCUT2D eigenvalue weighted by atomic mass is 10.2. The molecule has 0 aliphatic carbocycles. The summed E-state index contributed by atoms with van der Waals surface area (Å²) in [6.07, 6.45) is 1.04. The first-order chi connectivity index (χ1) is 11.2. The molecule has 0 saturated heterocycles. The molecule has 6 nitrogen and oxygen atoms in total. The zero-order valence-electron chi connectivity index (χ0n) is 14.1. The second-order valence-electron chi connectivity index (χ2n) is 6.69. The van der Waals surface area contributed by atoms with E-state index in [2.05, 4.69) is 5.32 Å². The van der Waals surface area contributed by atoms with Gasteiger partial charge in [-0.2, -0.15) is 0 Å². The number of hydrogen-bond acceptors (Lipinski definition) is 5. The average molecular weight is 348 g/mol. The van der Waals surface area contributed by atoms with Crippen molar-refractivity contribution in [2.24, 2.45) is 0 Å². The number of rotatable bonds is 1. The molecule has 24 heavy (non-hydrogen) atoms. The van der Waals surface area contributed by atoms with Crippen LogP contribution in [-0.4, -0.2) is 36.4 Å². The van der Waals surface area contributed by atoms with Crippen LogP contribution in [0, 0.1) is 0 Å². The zero-order chi connectivity index (χ0) is 17.5. The largest absolute Gasteiger partial charge is 0.464 e. The molecule has 0 bridgehead atoms. The lowest BCUT2D eigenvalue weighted by molar-refractivity contribution is -0.119. The van der Waals surface area contributed by atoms with Crippen LogP contribution in [-0.2, 0) is 9.53 Å². The van der Waals surface area contributed by atoms with Crippen molar-refractivity contribution < 1.29 is 18.7 Å². The maximum Gasteiger partial charge on any atom is 0.408 e. The topological polar surface area (TPSA) is 71.8 Å². The van der Waals surface area contributed by atoms with Crippen LogP contribution in [0.2, 0.25) is 0 Å². The molecule has 1 atom stereocenters. The molecule has 3 rings (SSSR count). The summed E-state index contributed by atoms with van der Waals surface area (Å²) >= 11 is 1.51. The molecule has 1 N–H and O–H groups in total. The number of hydrogen-bond donors (Lipinski definition) is 1. The maximum atomic E-state index is 12.7. The van der Waals surface area contributed by atoms with E-state index in [0.717, 1.165) is 21.6 Å². The van der Waals surface area contributed by atoms with Crippen LogP contribution >= 0.6 is 11.8 Å². The third-order valence-corrected chi connectivity index (χ3v) is 4.76. The van der Waals surface area contributed by atoms with Crippen LogP contribution < -0.4 is 10.2 Å². The number of ether oxygens (including phenoxy) is 1. The predicted octanol–water partition coefficient (Wildman–Crippen LogP) is 3.39. The average Bonchev–Trinajstić information content (AvgIpc) is 2.90. The number of nitrogens with one attached hydrogen (secondary N) is 1. The molecule has 0 spiro atoms. The van der Waals surface area contributed by atoms with Gasteiger partial charge in [0.05, 0.1) is 12.0 Å². The van der Waals surface area contributed by atoms with E-state index in [1.165, 1.54) is 11.8 Å². The predicted molar refractivity (Wildman–Crippen MR) is 93.5 cm³/mol. The molecule has 1 aromatic heterocycles. The van der Waals surface area contributed by atoms with Crippen molar-refractivity contribution >= 4 is 40.4 Å². The van der Waals surface area contributed by atoms with Gasteiger partial charge in [-0.25, -0.2) is 4.79 Å². The zero-order valence-corrected chi connectivity index (χ0v) is 14.9. The molecule has 1 aliphatic heterocycles. The van der Waals surface area contributed by atoms with Gasteiger partial charge in [-0.3, -0.25) is 4.79 Å². The summed E-state index contributed by atoms with van der Waals surface area (Å²) in [5, 5.41) is 3.61. The van der Waals surface area contributed by atoms with E-state index in [-0.39, 0.29) is 5.91 Å². The molecule has 1 aliphatic rings. The van der Waals surface area contributed by atoms with E-state index in [1.54, 1.807) is 39.0 Å². The second kappa shape index (κ2) is 6.05. The van der Waals surface area contributed by atoms with Crippen LogP contribution in [0.1, 0.15) is 20.8 Å². The first kappa shape index (κ1) is 16.7. The molecule has 0 saturated carbocycles. The third kappa shape index (κ3) is 3.36. The molecule has 2 aromatic rings. The Morgan fingerprint density at radius 2 is 2.17 bits per heavy atom. The number of alkyl carbamates (subject to hydrolysis) is 1. The molecular weight excluding hydrogens is 328 g/mol. The number of thioether (sulfide) groups is 1. The standard InChI is InChI=1S/C17H20N2O4S/c1-17(2,3)23-16(21)18-11-9-24-14-8-13-10(5-6-22-13)7-12(14)19(4)15(11)20/h5-8,11H,9H2,1-4H3,(H,18,21)/t11-/m0/s1. The first-order valence-electron chi connectivity index (χ1n) is 7.66. The van der Waals surface area contributed by atoms with Crippen molar-refractivity contribution in [3.8, 4) is 0 Å². The van der Waals surface area contributed by atoms with Crippen molar-refractivity contribution in [3.05, 3.63) is 24.5 Å². The van der Waals surface area contributed by atoms with Crippen LogP contribution in [0.3, 0.4) is 0 Å². The molecule has 2 heterocycles. The van der Waals surface area contributed by atoms with E-state index < -0.39 is 17.7 Å². The molecule has 7 heteroatoms. The third-order valence-electron chi connectivity index (χ3n) is 3.62. The van der Waals surface area contributed by atoms with Gasteiger partial charge in [-0.05, 0) is 39.0 Å². The van der Waals surface area contributed by atoms with Gasteiger partial charge in [0.1, 0.15) is 17.2 Å². The molecule has 1 aromatic carbocycles. The van der Waals surface area contributed by atoms with Crippen LogP contribution in [0.15, 0.2) is 33.8 Å². The number of carbonyl (C=O) groups excluding carboxylic acids is 2. The fourth-order valence-corrected chi connectivity index (χ4v) is 3.61. The maximum absolute atomic E-state index is 12.7. The minimum Gasteiger partial charge on any atom is -0.464 e. The van der Waals surface area contributed by atoms with Gasteiger partial charge in [-0.1, -0.05) is 0 Å². The molecule has 2 amide bonds. The summed E-state index contributed by atoms with van der Waals surface area (Å²) < 4.78 is 10.7. The van der Waals surface area contributed by atoms with Gasteiger partial charge in [0.15, 0.2) is 0 Å². The number of fused-ring (bicyclic) bond motifs is 2. The van der Waals surface area contributed by atoms with Gasteiger partial charge in [0, 0.05) is 23.1 Å². The molecule has 0 fully saturated rings. The van der Waals surface area contributed by atoms with Crippen molar-refractivity contribution in [1.82, 2.24) is 5.32 Å². The normalized spacial score (nSPS) is 18.2. The fourth-order valence-electron chi connectivity index (χ4n) is 2.51. The van der Waals surface area contributed by atoms with Gasteiger partial charge in [0.2, 0.25) is 5.91 Å². The number of likely N-dealkylation sites (N-methyl/N-ethyl adjacent to an activating group) is 1. The lowest BCUT2D eigenvalue weighted by Gasteiger charge is -2.24. The molecule has 0 radical (unpaired) electrons. The van der Waals surface area contributed by atoms with Crippen LogP contribution in [0.25, 0.3) is 11.0 Å².